The van der Waals surface area contributed by atoms with Gasteiger partial charge in [0.15, 0.2) is 0 Å². The van der Waals surface area contributed by atoms with Crippen LogP contribution in [0.1, 0.15) is 72.3 Å². The zero-order valence-corrected chi connectivity index (χ0v) is 18.2. The fourth-order valence-electron chi connectivity index (χ4n) is 2.96. The molecule has 0 fully saturated rings. The molecule has 5 nitrogen and oxygen atoms in total. The van der Waals surface area contributed by atoms with Crippen molar-refractivity contribution in [3.63, 3.8) is 0 Å². The monoisotopic (exact) mass is 397 g/mol. The number of rotatable bonds is 12. The summed E-state index contributed by atoms with van der Waals surface area (Å²) < 4.78 is 28.5. The minimum Gasteiger partial charge on any atom is -0.382 e. The lowest BCUT2D eigenvalue weighted by Crippen LogP contribution is -2.41. The van der Waals surface area contributed by atoms with Crippen molar-refractivity contribution >= 4 is 16.0 Å². The van der Waals surface area contributed by atoms with Crippen LogP contribution in [0.4, 0.5) is 0 Å². The van der Waals surface area contributed by atoms with Crippen LogP contribution in [0.5, 0.6) is 5.75 Å². The third kappa shape index (κ3) is 7.53. The number of unbranched alkanes of at least 4 members (excludes halogenated alkanes) is 1. The number of carbonyl (C=O) groups excluding carboxylic acids is 1. The van der Waals surface area contributed by atoms with E-state index in [4.69, 9.17) is 4.18 Å². The van der Waals surface area contributed by atoms with Gasteiger partial charge in [-0.25, -0.2) is 0 Å². The van der Waals surface area contributed by atoms with E-state index in [1.165, 1.54) is 0 Å². The number of hydrogen-bond donors (Lipinski definition) is 0. The molecule has 2 atom stereocenters. The number of benzene rings is 1. The normalized spacial score (nSPS) is 13.8. The van der Waals surface area contributed by atoms with E-state index >= 15 is 0 Å². The van der Waals surface area contributed by atoms with E-state index in [0.717, 1.165) is 37.7 Å². The molecule has 154 valence electrons. The Morgan fingerprint density at radius 3 is 2.41 bits per heavy atom. The molecule has 1 amide bonds. The van der Waals surface area contributed by atoms with E-state index < -0.39 is 10.1 Å². The van der Waals surface area contributed by atoms with Crippen LogP contribution in [0, 0.1) is 5.92 Å². The summed E-state index contributed by atoms with van der Waals surface area (Å²) in [6.07, 6.45) is 4.76. The summed E-state index contributed by atoms with van der Waals surface area (Å²) in [5.74, 6) is 0.445. The Hall–Kier alpha value is -1.56. The highest BCUT2D eigenvalue weighted by molar-refractivity contribution is 7.87. The van der Waals surface area contributed by atoms with Crippen LogP contribution in [0.3, 0.4) is 0 Å². The summed E-state index contributed by atoms with van der Waals surface area (Å²) in [6.45, 7) is 10.3. The van der Waals surface area contributed by atoms with Gasteiger partial charge in [0.2, 0.25) is 5.91 Å². The van der Waals surface area contributed by atoms with Gasteiger partial charge in [-0.05, 0) is 50.8 Å². The molecule has 0 N–H and O–H groups in total. The molecule has 0 radical (unpaired) electrons. The quantitative estimate of drug-likeness (QED) is 0.477. The Morgan fingerprint density at radius 2 is 1.85 bits per heavy atom. The molecule has 0 unspecified atom stereocenters. The van der Waals surface area contributed by atoms with Crippen molar-refractivity contribution in [2.45, 2.75) is 79.3 Å². The van der Waals surface area contributed by atoms with Gasteiger partial charge < -0.3 is 9.08 Å². The van der Waals surface area contributed by atoms with Crippen molar-refractivity contribution in [2.24, 2.45) is 5.92 Å². The van der Waals surface area contributed by atoms with E-state index in [2.05, 4.69) is 27.7 Å². The Kier molecular flexibility index (Phi) is 9.84. The number of hydrogen-bond acceptors (Lipinski definition) is 4. The lowest BCUT2D eigenvalue weighted by atomic mass is 9.96. The van der Waals surface area contributed by atoms with Crippen molar-refractivity contribution < 1.29 is 17.4 Å². The van der Waals surface area contributed by atoms with E-state index in [0.29, 0.717) is 12.3 Å². The number of nitrogens with zero attached hydrogens (tertiary/aromatic N) is 1. The van der Waals surface area contributed by atoms with Crippen LogP contribution in [-0.4, -0.2) is 31.0 Å². The summed E-state index contributed by atoms with van der Waals surface area (Å²) in [5, 5.41) is 0. The standard InChI is InChI=1S/C21H35NO4S/c1-6-10-13-19(8-3)21(23)22(17(5)7-2)16-18-12-11-14-20(15-18)26-27(24,25)9-4/h11-12,14-15,17,19H,6-10,13,16H2,1-5H3/t17-,19+/m0/s1. The fraction of sp³-hybridized carbons (Fsp3) is 0.667. The first-order chi connectivity index (χ1) is 12.8. The van der Waals surface area contributed by atoms with Gasteiger partial charge in [0.1, 0.15) is 5.75 Å². The van der Waals surface area contributed by atoms with Crippen LogP contribution >= 0.6 is 0 Å². The smallest absolute Gasteiger partial charge is 0.308 e. The molecule has 0 aromatic heterocycles. The van der Waals surface area contributed by atoms with Gasteiger partial charge in [0.25, 0.3) is 0 Å². The predicted molar refractivity (Wildman–Crippen MR) is 110 cm³/mol. The Labute approximate surface area is 165 Å². The molecule has 0 aliphatic heterocycles. The SMILES string of the molecule is CCCC[C@@H](CC)C(=O)N(Cc1cccc(OS(=O)(=O)CC)c1)[C@@H](C)CC. The van der Waals surface area contributed by atoms with Gasteiger partial charge in [-0.1, -0.05) is 45.7 Å². The van der Waals surface area contributed by atoms with Crippen LogP contribution in [0.25, 0.3) is 0 Å². The Bertz CT molecular complexity index is 687. The molecule has 1 aromatic carbocycles. The highest BCUT2D eigenvalue weighted by atomic mass is 32.2. The van der Waals surface area contributed by atoms with Crippen LogP contribution in [0.15, 0.2) is 24.3 Å². The Morgan fingerprint density at radius 1 is 1.15 bits per heavy atom. The van der Waals surface area contributed by atoms with E-state index in [-0.39, 0.29) is 23.6 Å². The van der Waals surface area contributed by atoms with E-state index in [1.54, 1.807) is 25.1 Å². The molecule has 1 rings (SSSR count). The lowest BCUT2D eigenvalue weighted by molar-refractivity contribution is -0.138. The molecule has 0 bridgehead atoms. The van der Waals surface area contributed by atoms with Crippen molar-refractivity contribution in [1.82, 2.24) is 4.90 Å². The van der Waals surface area contributed by atoms with Crippen molar-refractivity contribution in [3.05, 3.63) is 29.8 Å². The van der Waals surface area contributed by atoms with Crippen molar-refractivity contribution in [1.29, 1.82) is 0 Å². The highest BCUT2D eigenvalue weighted by Crippen LogP contribution is 2.23. The van der Waals surface area contributed by atoms with Gasteiger partial charge in [-0.15, -0.1) is 0 Å². The summed E-state index contributed by atoms with van der Waals surface area (Å²) >= 11 is 0. The van der Waals surface area contributed by atoms with Crippen LogP contribution in [0.2, 0.25) is 0 Å². The second-order valence-electron chi connectivity index (χ2n) is 7.05. The van der Waals surface area contributed by atoms with Gasteiger partial charge in [-0.2, -0.15) is 8.42 Å². The largest absolute Gasteiger partial charge is 0.382 e. The molecule has 27 heavy (non-hydrogen) atoms. The first-order valence-corrected chi connectivity index (χ1v) is 11.7. The number of amides is 1. The van der Waals surface area contributed by atoms with Crippen LogP contribution in [-0.2, 0) is 21.5 Å². The number of carbonyl (C=O) groups is 1. The maximum atomic E-state index is 13.1. The van der Waals surface area contributed by atoms with Gasteiger partial charge in [-0.3, -0.25) is 4.79 Å². The second kappa shape index (κ2) is 11.3. The first kappa shape index (κ1) is 23.5. The fourth-order valence-corrected chi connectivity index (χ4v) is 3.47. The topological polar surface area (TPSA) is 63.7 Å². The maximum Gasteiger partial charge on any atom is 0.308 e. The van der Waals surface area contributed by atoms with Gasteiger partial charge >= 0.3 is 10.1 Å². The van der Waals surface area contributed by atoms with E-state index in [1.807, 2.05) is 11.0 Å². The minimum atomic E-state index is -3.56. The first-order valence-electron chi connectivity index (χ1n) is 10.1. The Balaban J connectivity index is 3.01. The molecule has 0 heterocycles. The molecule has 0 spiro atoms. The average Bonchev–Trinajstić information content (AvgIpc) is 2.65. The molecule has 0 saturated heterocycles. The van der Waals surface area contributed by atoms with Gasteiger partial charge in [0, 0.05) is 18.5 Å². The molecular formula is C21H35NO4S. The summed E-state index contributed by atoms with van der Waals surface area (Å²) in [5.41, 5.74) is 0.873. The third-order valence-electron chi connectivity index (χ3n) is 4.98. The molecule has 0 saturated carbocycles. The summed E-state index contributed by atoms with van der Waals surface area (Å²) in [6, 6.07) is 7.13. The maximum absolute atomic E-state index is 13.1. The highest BCUT2D eigenvalue weighted by Gasteiger charge is 2.26. The zero-order chi connectivity index (χ0) is 20.4. The zero-order valence-electron chi connectivity index (χ0n) is 17.4. The second-order valence-corrected chi connectivity index (χ2v) is 8.91. The van der Waals surface area contributed by atoms with Crippen molar-refractivity contribution in [2.75, 3.05) is 5.75 Å². The van der Waals surface area contributed by atoms with E-state index in [9.17, 15) is 13.2 Å². The van der Waals surface area contributed by atoms with Crippen LogP contribution < -0.4 is 4.18 Å². The molecule has 1 aromatic rings. The average molecular weight is 398 g/mol. The predicted octanol–water partition coefficient (Wildman–Crippen LogP) is 4.76. The molecule has 6 heteroatoms. The minimum absolute atomic E-state index is 0.0406. The third-order valence-corrected chi connectivity index (χ3v) is 6.14. The molecule has 0 aliphatic rings. The molecule has 0 aliphatic carbocycles. The molecular weight excluding hydrogens is 362 g/mol. The van der Waals surface area contributed by atoms with Crippen molar-refractivity contribution in [3.8, 4) is 5.75 Å². The van der Waals surface area contributed by atoms with Gasteiger partial charge in [0.05, 0.1) is 5.75 Å². The lowest BCUT2D eigenvalue weighted by Gasteiger charge is -2.32. The summed E-state index contributed by atoms with van der Waals surface area (Å²) in [4.78, 5) is 15.1. The summed E-state index contributed by atoms with van der Waals surface area (Å²) in [7, 11) is -3.56.